The van der Waals surface area contributed by atoms with E-state index in [4.69, 9.17) is 0 Å². The van der Waals surface area contributed by atoms with Gasteiger partial charge in [-0.3, -0.25) is 0 Å². The summed E-state index contributed by atoms with van der Waals surface area (Å²) in [5.41, 5.74) is 3.90. The lowest BCUT2D eigenvalue weighted by atomic mass is 10.1. The van der Waals surface area contributed by atoms with E-state index < -0.39 is 0 Å². The van der Waals surface area contributed by atoms with Gasteiger partial charge >= 0.3 is 0 Å². The first-order valence-electron chi connectivity index (χ1n) is 4.57. The summed E-state index contributed by atoms with van der Waals surface area (Å²) in [5.74, 6) is 0. The van der Waals surface area contributed by atoms with Crippen molar-refractivity contribution < 1.29 is 0 Å². The van der Waals surface area contributed by atoms with Gasteiger partial charge in [-0.25, -0.2) is 0 Å². The Bertz CT molecular complexity index is 336. The summed E-state index contributed by atoms with van der Waals surface area (Å²) in [4.78, 5) is 0. The van der Waals surface area contributed by atoms with E-state index in [-0.39, 0.29) is 0 Å². The summed E-state index contributed by atoms with van der Waals surface area (Å²) in [6.07, 6.45) is 0. The largest absolute Gasteiger partial charge is 0.0620 e. The number of rotatable bonds is 0. The highest BCUT2D eigenvalue weighted by Crippen LogP contribution is 2.01. The van der Waals surface area contributed by atoms with E-state index in [1.807, 2.05) is 0 Å². The third-order valence-electron chi connectivity index (χ3n) is 2.14. The van der Waals surface area contributed by atoms with E-state index in [0.29, 0.717) is 0 Å². The van der Waals surface area contributed by atoms with Crippen molar-refractivity contribution in [2.75, 3.05) is 0 Å². The quantitative estimate of drug-likeness (QED) is 0.559. The van der Waals surface area contributed by atoms with Crippen molar-refractivity contribution in [3.63, 3.8) is 0 Å². The van der Waals surface area contributed by atoms with Gasteiger partial charge in [-0.05, 0) is 31.9 Å². The van der Waals surface area contributed by atoms with Gasteiger partial charge in [0.25, 0.3) is 0 Å². The summed E-state index contributed by atoms with van der Waals surface area (Å²) in [6.45, 7) is 6.36. The van der Waals surface area contributed by atoms with Crippen LogP contribution < -0.4 is 0 Å². The van der Waals surface area contributed by atoms with Crippen LogP contribution in [0.15, 0.2) is 42.5 Å². The zero-order valence-electron chi connectivity index (χ0n) is 8.54. The molecule has 0 aliphatic heterocycles. The third-order valence-corrected chi connectivity index (χ3v) is 2.14. The van der Waals surface area contributed by atoms with Crippen LogP contribution in [0.4, 0.5) is 0 Å². The van der Waals surface area contributed by atoms with Crippen molar-refractivity contribution in [1.29, 1.82) is 0 Å². The van der Waals surface area contributed by atoms with Crippen molar-refractivity contribution in [2.24, 2.45) is 0 Å². The molecule has 0 aliphatic carbocycles. The lowest BCUT2D eigenvalue weighted by Gasteiger charge is -1.92. The van der Waals surface area contributed by atoms with Crippen LogP contribution in [0.5, 0.6) is 0 Å². The van der Waals surface area contributed by atoms with E-state index >= 15 is 0 Å². The summed E-state index contributed by atoms with van der Waals surface area (Å²) < 4.78 is 0. The van der Waals surface area contributed by atoms with E-state index in [0.717, 1.165) is 0 Å². The molecule has 0 N–H and O–H groups in total. The maximum absolute atomic E-state index is 2.14. The fraction of sp³-hybridized carbons (Fsp3) is 0.231. The first kappa shape index (κ1) is 9.79. The van der Waals surface area contributed by atoms with E-state index in [9.17, 15) is 0 Å². The standard InChI is InChI=1S/C13H16/c1-11-7-4-5-9-12(2)13(3)10-6-8-11/h4-10H,1-3H3. The lowest BCUT2D eigenvalue weighted by Crippen LogP contribution is -1.73. The SMILES string of the molecule is Cc1ccccc(C)c(C)ccc1. The van der Waals surface area contributed by atoms with Crippen molar-refractivity contribution in [2.45, 2.75) is 20.8 Å². The molecular weight excluding hydrogens is 156 g/mol. The molecule has 0 fully saturated rings. The van der Waals surface area contributed by atoms with Gasteiger partial charge in [-0.2, -0.15) is 0 Å². The normalized spacial score (nSPS) is 9.15. The molecule has 1 aromatic rings. The Kier molecular flexibility index (Phi) is 3.51. The Morgan fingerprint density at radius 2 is 1.08 bits per heavy atom. The predicted octanol–water partition coefficient (Wildman–Crippen LogP) is 3.74. The molecule has 0 spiro atoms. The molecule has 68 valence electrons. The van der Waals surface area contributed by atoms with Gasteiger partial charge in [0.1, 0.15) is 0 Å². The van der Waals surface area contributed by atoms with Gasteiger partial charge < -0.3 is 0 Å². The van der Waals surface area contributed by atoms with Crippen molar-refractivity contribution >= 4 is 0 Å². The molecule has 1 rings (SSSR count). The monoisotopic (exact) mass is 172 g/mol. The Hall–Kier alpha value is -1.30. The second-order valence-electron chi connectivity index (χ2n) is 3.35. The molecule has 13 heavy (non-hydrogen) atoms. The van der Waals surface area contributed by atoms with Crippen LogP contribution >= 0.6 is 0 Å². The summed E-state index contributed by atoms with van der Waals surface area (Å²) in [7, 11) is 0. The molecule has 0 radical (unpaired) electrons. The highest BCUT2D eigenvalue weighted by molar-refractivity contribution is 5.22. The summed E-state index contributed by atoms with van der Waals surface area (Å²) in [6, 6.07) is 14.7. The van der Waals surface area contributed by atoms with E-state index in [1.54, 1.807) is 0 Å². The molecule has 1 aromatic carbocycles. The molecule has 0 amide bonds. The minimum Gasteiger partial charge on any atom is -0.0620 e. The third kappa shape index (κ3) is 3.29. The second kappa shape index (κ2) is 4.66. The number of hydrogen-bond acceptors (Lipinski definition) is 0. The van der Waals surface area contributed by atoms with Gasteiger partial charge in [-0.15, -0.1) is 0 Å². The van der Waals surface area contributed by atoms with Crippen LogP contribution in [0, 0.1) is 20.8 Å². The Balaban J connectivity index is 3.31. The minimum atomic E-state index is 1.27. The fourth-order valence-corrected chi connectivity index (χ4v) is 1.07. The van der Waals surface area contributed by atoms with Gasteiger partial charge in [-0.1, -0.05) is 48.0 Å². The van der Waals surface area contributed by atoms with Crippen molar-refractivity contribution in [3.8, 4) is 0 Å². The van der Waals surface area contributed by atoms with Crippen LogP contribution in [0.1, 0.15) is 16.7 Å². The second-order valence-corrected chi connectivity index (χ2v) is 3.35. The smallest absolute Gasteiger partial charge is 0.0395 e. The average Bonchev–Trinajstić information content (AvgIpc) is 2.11. The lowest BCUT2D eigenvalue weighted by molar-refractivity contribution is 1.35. The molecule has 0 atom stereocenters. The molecule has 0 nitrogen and oxygen atoms in total. The molecule has 0 aliphatic rings. The fourth-order valence-electron chi connectivity index (χ4n) is 1.07. The van der Waals surface area contributed by atoms with Gasteiger partial charge in [0.15, 0.2) is 0 Å². The predicted molar refractivity (Wildman–Crippen MR) is 58.3 cm³/mol. The minimum absolute atomic E-state index is 1.27. The molecule has 0 aromatic heterocycles. The van der Waals surface area contributed by atoms with Crippen molar-refractivity contribution in [1.82, 2.24) is 0 Å². The highest BCUT2D eigenvalue weighted by atomic mass is 13.9. The number of aryl methyl sites for hydroxylation is 3. The topological polar surface area (TPSA) is 0 Å². The Morgan fingerprint density at radius 3 is 1.77 bits per heavy atom. The van der Waals surface area contributed by atoms with E-state index in [1.165, 1.54) is 16.7 Å². The molecule has 0 saturated heterocycles. The Morgan fingerprint density at radius 1 is 0.615 bits per heavy atom. The maximum atomic E-state index is 2.14. The molecular formula is C13H16. The first-order valence-corrected chi connectivity index (χ1v) is 4.57. The van der Waals surface area contributed by atoms with Crippen LogP contribution in [-0.2, 0) is 0 Å². The van der Waals surface area contributed by atoms with Crippen molar-refractivity contribution in [3.05, 3.63) is 59.2 Å². The van der Waals surface area contributed by atoms with Gasteiger partial charge in [0, 0.05) is 0 Å². The van der Waals surface area contributed by atoms with E-state index in [2.05, 4.69) is 63.2 Å². The molecule has 0 heteroatoms. The zero-order valence-corrected chi connectivity index (χ0v) is 8.54. The summed E-state index contributed by atoms with van der Waals surface area (Å²) >= 11 is 0. The molecule has 0 bridgehead atoms. The molecule has 0 saturated carbocycles. The molecule has 0 heterocycles. The zero-order chi connectivity index (χ0) is 9.68. The van der Waals surface area contributed by atoms with Crippen LogP contribution in [0.3, 0.4) is 0 Å². The maximum Gasteiger partial charge on any atom is -0.0395 e. The van der Waals surface area contributed by atoms with Crippen LogP contribution in [0.2, 0.25) is 0 Å². The van der Waals surface area contributed by atoms with Gasteiger partial charge in [0.2, 0.25) is 0 Å². The molecule has 0 unspecified atom stereocenters. The average molecular weight is 172 g/mol. The number of hydrogen-bond donors (Lipinski definition) is 0. The summed E-state index contributed by atoms with van der Waals surface area (Å²) in [5, 5.41) is 0. The first-order chi connectivity index (χ1) is 6.20. The van der Waals surface area contributed by atoms with Crippen LogP contribution in [-0.4, -0.2) is 0 Å². The Labute approximate surface area is 80.6 Å². The highest BCUT2D eigenvalue weighted by Gasteiger charge is 1.82. The van der Waals surface area contributed by atoms with Gasteiger partial charge in [0.05, 0.1) is 0 Å². The van der Waals surface area contributed by atoms with Crippen LogP contribution in [0.25, 0.3) is 0 Å².